The van der Waals surface area contributed by atoms with Crippen molar-refractivity contribution in [2.75, 3.05) is 7.11 Å². The zero-order chi connectivity index (χ0) is 16.0. The van der Waals surface area contributed by atoms with Crippen LogP contribution >= 0.6 is 11.8 Å². The number of carbonyl (C=O) groups is 1. The predicted molar refractivity (Wildman–Crippen MR) is 90.4 cm³/mol. The number of rotatable bonds is 6. The Morgan fingerprint density at radius 1 is 1.41 bits per heavy atom. The van der Waals surface area contributed by atoms with Crippen molar-refractivity contribution in [2.45, 2.75) is 24.3 Å². The molecule has 0 radical (unpaired) electrons. The van der Waals surface area contributed by atoms with Gasteiger partial charge in [0.2, 0.25) is 0 Å². The van der Waals surface area contributed by atoms with Gasteiger partial charge >= 0.3 is 0 Å². The lowest BCUT2D eigenvalue weighted by Gasteiger charge is -2.24. The quantitative estimate of drug-likeness (QED) is 0.760. The largest absolute Gasteiger partial charge is 0.497 e. The average Bonchev–Trinajstić information content (AvgIpc) is 3.07. The molecule has 0 aliphatic rings. The molecule has 1 aromatic heterocycles. The molecule has 1 atom stereocenters. The SMILES string of the molecule is C/C=C/[C@@](C)(SCc1ccc(OC)cc1)C(=O)n1ccnc1. The van der Waals surface area contributed by atoms with Crippen LogP contribution in [0.2, 0.25) is 0 Å². The minimum atomic E-state index is -0.630. The zero-order valence-corrected chi connectivity index (χ0v) is 13.8. The van der Waals surface area contributed by atoms with E-state index in [9.17, 15) is 4.79 Å². The number of methoxy groups -OCH3 is 1. The molecule has 2 rings (SSSR count). The first-order chi connectivity index (χ1) is 10.6. The van der Waals surface area contributed by atoms with Gasteiger partial charge in [0, 0.05) is 18.1 Å². The molecule has 1 aromatic carbocycles. The molecule has 0 spiro atoms. The number of nitrogens with zero attached hydrogens (tertiary/aromatic N) is 2. The maximum Gasteiger partial charge on any atom is 0.251 e. The monoisotopic (exact) mass is 316 g/mol. The molecule has 0 saturated heterocycles. The normalized spacial score (nSPS) is 14.0. The lowest BCUT2D eigenvalue weighted by Crippen LogP contribution is -2.33. The Labute approximate surface area is 135 Å². The third kappa shape index (κ3) is 3.80. The van der Waals surface area contributed by atoms with E-state index in [0.717, 1.165) is 17.1 Å². The van der Waals surface area contributed by atoms with Crippen molar-refractivity contribution in [1.29, 1.82) is 0 Å². The molecule has 0 aliphatic carbocycles. The van der Waals surface area contributed by atoms with Crippen LogP contribution < -0.4 is 4.74 Å². The molecule has 4 nitrogen and oxygen atoms in total. The first-order valence-corrected chi connectivity index (χ1v) is 8.01. The van der Waals surface area contributed by atoms with Crippen molar-refractivity contribution < 1.29 is 9.53 Å². The van der Waals surface area contributed by atoms with Crippen LogP contribution in [0.4, 0.5) is 0 Å². The molecule has 0 N–H and O–H groups in total. The van der Waals surface area contributed by atoms with Crippen molar-refractivity contribution in [2.24, 2.45) is 0 Å². The fourth-order valence-electron chi connectivity index (χ4n) is 2.09. The standard InChI is InChI=1S/C17H20N2O2S/c1-4-9-17(2,16(20)19-11-10-18-13-19)22-12-14-5-7-15(21-3)8-6-14/h4-11,13H,12H2,1-3H3/b9-4+/t17-/m1/s1. The second-order valence-electron chi connectivity index (χ2n) is 5.02. The smallest absolute Gasteiger partial charge is 0.251 e. The maximum atomic E-state index is 12.7. The van der Waals surface area contributed by atoms with E-state index in [0.29, 0.717) is 0 Å². The molecule has 116 valence electrons. The summed E-state index contributed by atoms with van der Waals surface area (Å²) in [6.07, 6.45) is 8.68. The van der Waals surface area contributed by atoms with E-state index < -0.39 is 4.75 Å². The summed E-state index contributed by atoms with van der Waals surface area (Å²) in [7, 11) is 1.65. The predicted octanol–water partition coefficient (Wildman–Crippen LogP) is 3.80. The topological polar surface area (TPSA) is 44.1 Å². The van der Waals surface area contributed by atoms with E-state index in [-0.39, 0.29) is 5.91 Å². The zero-order valence-electron chi connectivity index (χ0n) is 13.0. The molecule has 0 amide bonds. The number of imidazole rings is 1. The van der Waals surface area contributed by atoms with Crippen LogP contribution in [-0.4, -0.2) is 27.3 Å². The van der Waals surface area contributed by atoms with Gasteiger partial charge in [-0.2, -0.15) is 0 Å². The fourth-order valence-corrected chi connectivity index (χ4v) is 3.21. The minimum absolute atomic E-state index is 0.00149. The maximum absolute atomic E-state index is 12.7. The molecule has 0 fully saturated rings. The number of hydrogen-bond acceptors (Lipinski definition) is 4. The molecule has 0 saturated carbocycles. The second-order valence-corrected chi connectivity index (χ2v) is 6.44. The van der Waals surface area contributed by atoms with Crippen LogP contribution in [0, 0.1) is 0 Å². The number of hydrogen-bond donors (Lipinski definition) is 0. The summed E-state index contributed by atoms with van der Waals surface area (Å²) in [5.74, 6) is 1.58. The first-order valence-electron chi connectivity index (χ1n) is 7.02. The third-order valence-corrected chi connectivity index (χ3v) is 4.73. The summed E-state index contributed by atoms with van der Waals surface area (Å²) in [6, 6.07) is 7.90. The molecule has 1 heterocycles. The van der Waals surface area contributed by atoms with Crippen LogP contribution in [0.15, 0.2) is 55.1 Å². The number of allylic oxidation sites excluding steroid dienone is 1. The highest BCUT2D eigenvalue weighted by Gasteiger charge is 2.31. The third-order valence-electron chi connectivity index (χ3n) is 3.35. The van der Waals surface area contributed by atoms with Crippen LogP contribution in [0.1, 0.15) is 24.2 Å². The van der Waals surface area contributed by atoms with E-state index in [1.54, 1.807) is 31.3 Å². The highest BCUT2D eigenvalue weighted by molar-refractivity contribution is 8.00. The summed E-state index contributed by atoms with van der Waals surface area (Å²) >= 11 is 1.60. The van der Waals surface area contributed by atoms with Crippen LogP contribution in [0.5, 0.6) is 5.75 Å². The Hall–Kier alpha value is -2.01. The molecule has 22 heavy (non-hydrogen) atoms. The Morgan fingerprint density at radius 2 is 2.14 bits per heavy atom. The van der Waals surface area contributed by atoms with Crippen molar-refractivity contribution in [1.82, 2.24) is 9.55 Å². The molecule has 0 unspecified atom stereocenters. The van der Waals surface area contributed by atoms with E-state index in [1.165, 1.54) is 10.9 Å². The molecular formula is C17H20N2O2S. The highest BCUT2D eigenvalue weighted by atomic mass is 32.2. The van der Waals surface area contributed by atoms with Gasteiger partial charge in [-0.15, -0.1) is 11.8 Å². The number of benzene rings is 1. The van der Waals surface area contributed by atoms with Crippen molar-refractivity contribution in [3.05, 3.63) is 60.7 Å². The van der Waals surface area contributed by atoms with Gasteiger partial charge in [-0.3, -0.25) is 9.36 Å². The van der Waals surface area contributed by atoms with Crippen molar-refractivity contribution >= 4 is 17.7 Å². The Kier molecular flexibility index (Phi) is 5.44. The Morgan fingerprint density at radius 3 is 2.68 bits per heavy atom. The van der Waals surface area contributed by atoms with E-state index in [4.69, 9.17) is 4.74 Å². The Bertz CT molecular complexity index is 635. The molecular weight excluding hydrogens is 296 g/mol. The fraction of sp³-hybridized carbons (Fsp3) is 0.294. The van der Waals surface area contributed by atoms with Gasteiger partial charge in [-0.1, -0.05) is 24.3 Å². The molecule has 5 heteroatoms. The van der Waals surface area contributed by atoms with Gasteiger partial charge < -0.3 is 4.74 Å². The summed E-state index contributed by atoms with van der Waals surface area (Å²) < 4.78 is 6.06. The van der Waals surface area contributed by atoms with Gasteiger partial charge in [-0.05, 0) is 31.5 Å². The lowest BCUT2D eigenvalue weighted by molar-refractivity contribution is 0.0888. The lowest BCUT2D eigenvalue weighted by atomic mass is 10.1. The van der Waals surface area contributed by atoms with Crippen LogP contribution in [0.25, 0.3) is 0 Å². The number of ether oxygens (including phenoxy) is 1. The Balaban J connectivity index is 2.12. The van der Waals surface area contributed by atoms with Crippen molar-refractivity contribution in [3.63, 3.8) is 0 Å². The summed E-state index contributed by atoms with van der Waals surface area (Å²) in [6.45, 7) is 3.86. The van der Waals surface area contributed by atoms with Gasteiger partial charge in [0.05, 0.1) is 7.11 Å². The number of aromatic nitrogens is 2. The van der Waals surface area contributed by atoms with Crippen LogP contribution in [0.3, 0.4) is 0 Å². The van der Waals surface area contributed by atoms with Gasteiger partial charge in [0.25, 0.3) is 5.91 Å². The average molecular weight is 316 g/mol. The molecule has 2 aromatic rings. The van der Waals surface area contributed by atoms with Crippen molar-refractivity contribution in [3.8, 4) is 5.75 Å². The molecule has 0 aliphatic heterocycles. The highest BCUT2D eigenvalue weighted by Crippen LogP contribution is 2.32. The second kappa shape index (κ2) is 7.31. The number of thioether (sulfide) groups is 1. The summed E-state index contributed by atoms with van der Waals surface area (Å²) in [5.41, 5.74) is 1.15. The van der Waals surface area contributed by atoms with Gasteiger partial charge in [0.1, 0.15) is 16.8 Å². The van der Waals surface area contributed by atoms with E-state index in [2.05, 4.69) is 4.98 Å². The van der Waals surface area contributed by atoms with E-state index >= 15 is 0 Å². The summed E-state index contributed by atoms with van der Waals surface area (Å²) in [5, 5.41) is 0. The van der Waals surface area contributed by atoms with Gasteiger partial charge in [-0.25, -0.2) is 4.98 Å². The first kappa shape index (κ1) is 16.4. The minimum Gasteiger partial charge on any atom is -0.497 e. The number of carbonyl (C=O) groups excluding carboxylic acids is 1. The van der Waals surface area contributed by atoms with E-state index in [1.807, 2.05) is 50.3 Å². The van der Waals surface area contributed by atoms with Crippen LogP contribution in [-0.2, 0) is 5.75 Å². The van der Waals surface area contributed by atoms with Gasteiger partial charge in [0.15, 0.2) is 0 Å². The molecule has 0 bridgehead atoms. The summed E-state index contributed by atoms with van der Waals surface area (Å²) in [4.78, 5) is 16.6.